The Labute approximate surface area is 118 Å². The van der Waals surface area contributed by atoms with Gasteiger partial charge in [-0.15, -0.1) is 0 Å². The Kier molecular flexibility index (Phi) is 5.68. The molecule has 19 heavy (non-hydrogen) atoms. The minimum atomic E-state index is 0.0953. The first kappa shape index (κ1) is 14.8. The standard InChI is InChI=1S/C16H30N2O/c1-3-5-10-14-16(19)18(15(17-14)7-4-2)12-11-13-8-6-9-13/h13-15,17H,3-12H2,1-2H3. The number of rotatable bonds is 8. The van der Waals surface area contributed by atoms with E-state index in [2.05, 4.69) is 24.1 Å². The highest BCUT2D eigenvalue weighted by Gasteiger charge is 2.37. The minimum Gasteiger partial charge on any atom is -0.326 e. The molecule has 0 aromatic heterocycles. The molecule has 2 unspecified atom stereocenters. The van der Waals surface area contributed by atoms with Crippen LogP contribution in [0.15, 0.2) is 0 Å². The first-order chi connectivity index (χ1) is 9.26. The van der Waals surface area contributed by atoms with Gasteiger partial charge in [-0.1, -0.05) is 52.4 Å². The average Bonchev–Trinajstić information content (AvgIpc) is 2.63. The lowest BCUT2D eigenvalue weighted by Gasteiger charge is -2.30. The van der Waals surface area contributed by atoms with E-state index in [1.807, 2.05) is 0 Å². The van der Waals surface area contributed by atoms with Gasteiger partial charge >= 0.3 is 0 Å². The molecule has 2 fully saturated rings. The third-order valence-electron chi connectivity index (χ3n) is 4.76. The van der Waals surface area contributed by atoms with Crippen LogP contribution in [0.3, 0.4) is 0 Å². The molecule has 1 aliphatic heterocycles. The second kappa shape index (κ2) is 7.28. The summed E-state index contributed by atoms with van der Waals surface area (Å²) < 4.78 is 0. The molecule has 2 rings (SSSR count). The molecule has 0 spiro atoms. The molecule has 1 saturated heterocycles. The summed E-state index contributed by atoms with van der Waals surface area (Å²) in [5, 5.41) is 3.56. The van der Waals surface area contributed by atoms with Gasteiger partial charge < -0.3 is 4.90 Å². The summed E-state index contributed by atoms with van der Waals surface area (Å²) in [6.45, 7) is 5.37. The van der Waals surface area contributed by atoms with Crippen LogP contribution in [-0.4, -0.2) is 29.6 Å². The fraction of sp³-hybridized carbons (Fsp3) is 0.938. The van der Waals surface area contributed by atoms with Crippen molar-refractivity contribution in [2.75, 3.05) is 6.54 Å². The zero-order chi connectivity index (χ0) is 13.7. The number of carbonyl (C=O) groups excluding carboxylic acids is 1. The van der Waals surface area contributed by atoms with Gasteiger partial charge in [0.15, 0.2) is 0 Å². The second-order valence-electron chi connectivity index (χ2n) is 6.28. The Morgan fingerprint density at radius 3 is 2.53 bits per heavy atom. The van der Waals surface area contributed by atoms with Crippen molar-refractivity contribution in [2.24, 2.45) is 5.92 Å². The van der Waals surface area contributed by atoms with Gasteiger partial charge in [0, 0.05) is 6.54 Å². The molecule has 3 heteroatoms. The largest absolute Gasteiger partial charge is 0.326 e. The summed E-state index contributed by atoms with van der Waals surface area (Å²) in [4.78, 5) is 14.6. The average molecular weight is 266 g/mol. The Morgan fingerprint density at radius 2 is 1.95 bits per heavy atom. The van der Waals surface area contributed by atoms with E-state index in [1.165, 1.54) is 32.1 Å². The van der Waals surface area contributed by atoms with Gasteiger partial charge in [0.1, 0.15) is 0 Å². The third-order valence-corrected chi connectivity index (χ3v) is 4.76. The van der Waals surface area contributed by atoms with Crippen LogP contribution in [0.2, 0.25) is 0 Å². The van der Waals surface area contributed by atoms with Crippen LogP contribution in [0, 0.1) is 5.92 Å². The molecule has 1 amide bonds. The zero-order valence-corrected chi connectivity index (χ0v) is 12.7. The third kappa shape index (κ3) is 3.71. The Hall–Kier alpha value is -0.570. The summed E-state index contributed by atoms with van der Waals surface area (Å²) >= 11 is 0. The first-order valence-electron chi connectivity index (χ1n) is 8.32. The fourth-order valence-electron chi connectivity index (χ4n) is 3.24. The van der Waals surface area contributed by atoms with Gasteiger partial charge in [0.05, 0.1) is 12.2 Å². The second-order valence-corrected chi connectivity index (χ2v) is 6.28. The molecule has 2 aliphatic rings. The summed E-state index contributed by atoms with van der Waals surface area (Å²) in [5.74, 6) is 1.26. The van der Waals surface area contributed by atoms with Crippen LogP contribution in [-0.2, 0) is 4.79 Å². The van der Waals surface area contributed by atoms with Gasteiger partial charge in [0.25, 0.3) is 0 Å². The molecule has 110 valence electrons. The maximum absolute atomic E-state index is 12.5. The van der Waals surface area contributed by atoms with E-state index in [0.29, 0.717) is 12.1 Å². The van der Waals surface area contributed by atoms with E-state index < -0.39 is 0 Å². The van der Waals surface area contributed by atoms with Crippen molar-refractivity contribution in [3.05, 3.63) is 0 Å². The maximum Gasteiger partial charge on any atom is 0.241 e. The molecule has 3 nitrogen and oxygen atoms in total. The highest BCUT2D eigenvalue weighted by atomic mass is 16.2. The van der Waals surface area contributed by atoms with Gasteiger partial charge in [-0.3, -0.25) is 10.1 Å². The maximum atomic E-state index is 12.5. The van der Waals surface area contributed by atoms with Crippen molar-refractivity contribution in [1.82, 2.24) is 10.2 Å². The molecule has 0 bridgehead atoms. The number of hydrogen-bond acceptors (Lipinski definition) is 2. The fourth-order valence-corrected chi connectivity index (χ4v) is 3.24. The topological polar surface area (TPSA) is 32.3 Å². The molecule has 2 atom stereocenters. The molecule has 1 aliphatic carbocycles. The minimum absolute atomic E-state index is 0.0953. The van der Waals surface area contributed by atoms with Gasteiger partial charge in [0.2, 0.25) is 5.91 Å². The Morgan fingerprint density at radius 1 is 1.16 bits per heavy atom. The van der Waals surface area contributed by atoms with E-state index in [9.17, 15) is 4.79 Å². The van der Waals surface area contributed by atoms with Crippen LogP contribution in [0.4, 0.5) is 0 Å². The normalized spacial score (nSPS) is 27.9. The molecular formula is C16H30N2O. The van der Waals surface area contributed by atoms with Crippen molar-refractivity contribution in [3.63, 3.8) is 0 Å². The summed E-state index contributed by atoms with van der Waals surface area (Å²) in [7, 11) is 0. The van der Waals surface area contributed by atoms with E-state index in [0.717, 1.165) is 38.1 Å². The number of hydrogen-bond donors (Lipinski definition) is 1. The quantitative estimate of drug-likeness (QED) is 0.731. The van der Waals surface area contributed by atoms with Crippen LogP contribution in [0.5, 0.6) is 0 Å². The van der Waals surface area contributed by atoms with E-state index in [4.69, 9.17) is 0 Å². The Bertz CT molecular complexity index is 288. The predicted octanol–water partition coefficient (Wildman–Crippen LogP) is 3.29. The van der Waals surface area contributed by atoms with Crippen molar-refractivity contribution < 1.29 is 4.79 Å². The van der Waals surface area contributed by atoms with Crippen molar-refractivity contribution in [1.29, 1.82) is 0 Å². The van der Waals surface area contributed by atoms with Crippen LogP contribution < -0.4 is 5.32 Å². The summed E-state index contributed by atoms with van der Waals surface area (Å²) in [5.41, 5.74) is 0. The van der Waals surface area contributed by atoms with Gasteiger partial charge in [-0.25, -0.2) is 0 Å². The number of unbranched alkanes of at least 4 members (excludes halogenated alkanes) is 1. The summed E-state index contributed by atoms with van der Waals surface area (Å²) in [6.07, 6.45) is 11.3. The highest BCUT2D eigenvalue weighted by molar-refractivity contribution is 5.84. The lowest BCUT2D eigenvalue weighted by atomic mass is 9.83. The molecule has 1 heterocycles. The molecular weight excluding hydrogens is 236 g/mol. The lowest BCUT2D eigenvalue weighted by Crippen LogP contribution is -2.38. The van der Waals surface area contributed by atoms with Crippen molar-refractivity contribution in [3.8, 4) is 0 Å². The molecule has 0 aromatic rings. The van der Waals surface area contributed by atoms with Crippen molar-refractivity contribution in [2.45, 2.75) is 83.8 Å². The number of carbonyl (C=O) groups is 1. The Balaban J connectivity index is 1.86. The zero-order valence-electron chi connectivity index (χ0n) is 12.7. The highest BCUT2D eigenvalue weighted by Crippen LogP contribution is 2.30. The lowest BCUT2D eigenvalue weighted by molar-refractivity contribution is -0.130. The molecule has 1 saturated carbocycles. The van der Waals surface area contributed by atoms with Crippen LogP contribution in [0.25, 0.3) is 0 Å². The number of nitrogens with one attached hydrogen (secondary N) is 1. The molecule has 0 radical (unpaired) electrons. The van der Waals surface area contributed by atoms with E-state index in [1.54, 1.807) is 0 Å². The van der Waals surface area contributed by atoms with E-state index >= 15 is 0 Å². The van der Waals surface area contributed by atoms with Gasteiger partial charge in [-0.05, 0) is 25.2 Å². The number of nitrogens with zero attached hydrogens (tertiary/aromatic N) is 1. The van der Waals surface area contributed by atoms with Crippen LogP contribution in [0.1, 0.15) is 71.6 Å². The smallest absolute Gasteiger partial charge is 0.241 e. The monoisotopic (exact) mass is 266 g/mol. The molecule has 0 aromatic carbocycles. The SMILES string of the molecule is CCCCC1NC(CCC)N(CCC2CCC2)C1=O. The van der Waals surface area contributed by atoms with Gasteiger partial charge in [-0.2, -0.15) is 0 Å². The first-order valence-corrected chi connectivity index (χ1v) is 8.32. The molecule has 1 N–H and O–H groups in total. The van der Waals surface area contributed by atoms with Crippen LogP contribution >= 0.6 is 0 Å². The van der Waals surface area contributed by atoms with E-state index in [-0.39, 0.29) is 6.04 Å². The van der Waals surface area contributed by atoms with Crippen molar-refractivity contribution >= 4 is 5.91 Å². The predicted molar refractivity (Wildman–Crippen MR) is 78.8 cm³/mol. The summed E-state index contributed by atoms with van der Waals surface area (Å²) in [6, 6.07) is 0.0953. The number of amides is 1.